The number of carbonyl (C=O) groups excluding carboxylic acids is 1. The number of benzene rings is 1. The predicted octanol–water partition coefficient (Wildman–Crippen LogP) is 2.57. The van der Waals surface area contributed by atoms with Crippen LogP contribution in [0, 0.1) is 23.0 Å². The van der Waals surface area contributed by atoms with Gasteiger partial charge < -0.3 is 9.80 Å². The average molecular weight is 510 g/mol. The van der Waals surface area contributed by atoms with Crippen LogP contribution in [-0.2, 0) is 13.7 Å². The molecule has 0 aliphatic carbocycles. The predicted molar refractivity (Wildman–Crippen MR) is 125 cm³/mol. The molecule has 11 nitrogen and oxygen atoms in total. The number of alkyl halides is 1. The van der Waals surface area contributed by atoms with Crippen LogP contribution in [0.2, 0.25) is 0 Å². The number of carbonyl (C=O) groups is 1. The molecule has 2 aliphatic heterocycles. The molecule has 1 fully saturated rings. The van der Waals surface area contributed by atoms with Crippen LogP contribution in [-0.4, -0.2) is 73.1 Å². The largest absolute Gasteiger partial charge is 0.341 e. The number of urea groups is 1. The van der Waals surface area contributed by atoms with Gasteiger partial charge in [-0.05, 0) is 23.8 Å². The Morgan fingerprint density at radius 1 is 1.16 bits per heavy atom. The molecule has 0 saturated carbocycles. The van der Waals surface area contributed by atoms with Crippen LogP contribution in [0.15, 0.2) is 29.5 Å². The molecule has 1 aromatic carbocycles. The highest BCUT2D eigenvalue weighted by Gasteiger charge is 2.34. The second-order valence-electron chi connectivity index (χ2n) is 8.51. The first-order valence-corrected chi connectivity index (χ1v) is 11.4. The fourth-order valence-corrected chi connectivity index (χ4v) is 4.35. The first kappa shape index (κ1) is 24.2. The van der Waals surface area contributed by atoms with Crippen molar-refractivity contribution in [3.63, 3.8) is 0 Å². The van der Waals surface area contributed by atoms with Gasteiger partial charge in [-0.2, -0.15) is 15.5 Å². The van der Waals surface area contributed by atoms with Crippen molar-refractivity contribution >= 4 is 18.2 Å². The molecule has 0 bridgehead atoms. The molecule has 0 unspecified atom stereocenters. The van der Waals surface area contributed by atoms with Crippen LogP contribution in [0.4, 0.5) is 23.9 Å². The zero-order valence-corrected chi connectivity index (χ0v) is 19.7. The summed E-state index contributed by atoms with van der Waals surface area (Å²) in [5.74, 6) is -1.02. The lowest BCUT2D eigenvalue weighted by Gasteiger charge is -2.37. The minimum Gasteiger partial charge on any atom is -0.337 e. The monoisotopic (exact) mass is 510 g/mol. The lowest BCUT2D eigenvalue weighted by atomic mass is 10.0. The summed E-state index contributed by atoms with van der Waals surface area (Å²) in [5, 5.41) is 18.5. The Hall–Kier alpha value is -4.54. The van der Waals surface area contributed by atoms with Gasteiger partial charge >= 0.3 is 6.03 Å². The van der Waals surface area contributed by atoms with E-state index in [9.17, 15) is 18.0 Å². The number of aromatic nitrogens is 5. The fourth-order valence-electron chi connectivity index (χ4n) is 4.35. The van der Waals surface area contributed by atoms with E-state index in [2.05, 4.69) is 25.2 Å². The summed E-state index contributed by atoms with van der Waals surface area (Å²) >= 11 is 0. The number of nitriles is 1. The molecule has 0 spiro atoms. The SMILES string of the molecule is Cn1nc(CF)nc1-c1nc(N2CCN(C(=O)N3N=CC[C@H]3c3cc(F)cc(C#N)c3)CC2)ncc1F. The van der Waals surface area contributed by atoms with Gasteiger partial charge in [-0.25, -0.2) is 42.6 Å². The van der Waals surface area contributed by atoms with Crippen molar-refractivity contribution in [2.45, 2.75) is 19.1 Å². The van der Waals surface area contributed by atoms with E-state index in [0.717, 1.165) is 12.3 Å². The van der Waals surface area contributed by atoms with Gasteiger partial charge in [-0.15, -0.1) is 0 Å². The lowest BCUT2D eigenvalue weighted by Crippen LogP contribution is -2.52. The van der Waals surface area contributed by atoms with E-state index in [0.29, 0.717) is 38.2 Å². The Bertz CT molecular complexity index is 1410. The molecule has 5 rings (SSSR count). The van der Waals surface area contributed by atoms with Crippen molar-refractivity contribution in [2.24, 2.45) is 12.1 Å². The summed E-state index contributed by atoms with van der Waals surface area (Å²) in [6.07, 6.45) is 3.01. The van der Waals surface area contributed by atoms with Gasteiger partial charge in [-0.1, -0.05) is 0 Å². The van der Waals surface area contributed by atoms with Crippen molar-refractivity contribution < 1.29 is 18.0 Å². The Kier molecular flexibility index (Phi) is 6.43. The summed E-state index contributed by atoms with van der Waals surface area (Å²) in [6.45, 7) is 0.481. The average Bonchev–Trinajstić information content (AvgIpc) is 3.55. The van der Waals surface area contributed by atoms with Crippen LogP contribution >= 0.6 is 0 Å². The standard InChI is InChI=1S/C23H21F3N10O/c1-33-21(30-19(11-24)32-33)20-17(26)13-28-22(31-20)34-4-6-35(7-5-34)23(37)36-18(2-3-29-36)15-8-14(12-27)9-16(25)10-15/h3,8-10,13,18H,2,4-7,11H2,1H3/t18-/m0/s1. The maximum Gasteiger partial charge on any atom is 0.341 e. The summed E-state index contributed by atoms with van der Waals surface area (Å²) in [4.78, 5) is 29.0. The number of hydrogen-bond donors (Lipinski definition) is 0. The summed E-state index contributed by atoms with van der Waals surface area (Å²) in [6, 6.07) is 5.05. The Labute approximate surface area is 209 Å². The maximum absolute atomic E-state index is 14.5. The number of aryl methyl sites for hydroxylation is 1. The highest BCUT2D eigenvalue weighted by atomic mass is 19.1. The van der Waals surface area contributed by atoms with Gasteiger partial charge in [0, 0.05) is 45.9 Å². The number of hydrogen-bond acceptors (Lipinski definition) is 8. The van der Waals surface area contributed by atoms with E-state index < -0.39 is 24.4 Å². The number of halogens is 3. The lowest BCUT2D eigenvalue weighted by molar-refractivity contribution is 0.139. The van der Waals surface area contributed by atoms with E-state index in [-0.39, 0.29) is 34.9 Å². The first-order valence-electron chi connectivity index (χ1n) is 11.4. The van der Waals surface area contributed by atoms with Crippen LogP contribution in [0.3, 0.4) is 0 Å². The van der Waals surface area contributed by atoms with Crippen LogP contribution < -0.4 is 4.90 Å². The van der Waals surface area contributed by atoms with E-state index in [1.165, 1.54) is 22.8 Å². The summed E-state index contributed by atoms with van der Waals surface area (Å²) in [5.41, 5.74) is 0.566. The zero-order chi connectivity index (χ0) is 26.1. The third-order valence-corrected chi connectivity index (χ3v) is 6.16. The number of piperazine rings is 1. The zero-order valence-electron chi connectivity index (χ0n) is 19.7. The third kappa shape index (κ3) is 4.67. The number of nitrogens with zero attached hydrogens (tertiary/aromatic N) is 10. The van der Waals surface area contributed by atoms with Crippen molar-refractivity contribution in [3.05, 3.63) is 53.0 Å². The van der Waals surface area contributed by atoms with Gasteiger partial charge in [0.1, 0.15) is 11.5 Å². The molecule has 4 heterocycles. The minimum atomic E-state index is -0.885. The van der Waals surface area contributed by atoms with E-state index in [4.69, 9.17) is 5.26 Å². The van der Waals surface area contributed by atoms with Crippen molar-refractivity contribution in [1.29, 1.82) is 5.26 Å². The van der Waals surface area contributed by atoms with Gasteiger partial charge in [0.15, 0.2) is 24.1 Å². The molecule has 14 heteroatoms. The van der Waals surface area contributed by atoms with Gasteiger partial charge in [0.25, 0.3) is 0 Å². The highest BCUT2D eigenvalue weighted by Crippen LogP contribution is 2.31. The number of hydrazone groups is 1. The molecular weight excluding hydrogens is 489 g/mol. The number of rotatable bonds is 4. The molecule has 3 aromatic rings. The van der Waals surface area contributed by atoms with Crippen molar-refractivity contribution in [1.82, 2.24) is 34.6 Å². The fraction of sp³-hybridized carbons (Fsp3) is 0.348. The maximum atomic E-state index is 14.5. The number of amides is 2. The minimum absolute atomic E-state index is 0.0749. The van der Waals surface area contributed by atoms with Crippen molar-refractivity contribution in [3.8, 4) is 17.6 Å². The Morgan fingerprint density at radius 2 is 1.95 bits per heavy atom. The van der Waals surface area contributed by atoms with Gasteiger partial charge in [0.05, 0.1) is 23.9 Å². The van der Waals surface area contributed by atoms with E-state index in [1.807, 2.05) is 6.07 Å². The molecule has 2 amide bonds. The molecular formula is C23H21F3N10O. The normalized spacial score (nSPS) is 17.4. The molecule has 2 aliphatic rings. The highest BCUT2D eigenvalue weighted by molar-refractivity contribution is 5.79. The second-order valence-corrected chi connectivity index (χ2v) is 8.51. The van der Waals surface area contributed by atoms with Crippen LogP contribution in [0.25, 0.3) is 11.5 Å². The molecule has 37 heavy (non-hydrogen) atoms. The number of anilines is 1. The van der Waals surface area contributed by atoms with Crippen LogP contribution in [0.1, 0.15) is 29.4 Å². The van der Waals surface area contributed by atoms with Crippen LogP contribution in [0.5, 0.6) is 0 Å². The third-order valence-electron chi connectivity index (χ3n) is 6.16. The molecule has 1 saturated heterocycles. The van der Waals surface area contributed by atoms with Gasteiger partial charge in [0.2, 0.25) is 5.95 Å². The molecule has 190 valence electrons. The quantitative estimate of drug-likeness (QED) is 0.529. The second kappa shape index (κ2) is 9.84. The van der Waals surface area contributed by atoms with E-state index >= 15 is 0 Å². The molecule has 0 radical (unpaired) electrons. The summed E-state index contributed by atoms with van der Waals surface area (Å²) in [7, 11) is 1.52. The molecule has 0 N–H and O–H groups in total. The van der Waals surface area contributed by atoms with Gasteiger partial charge in [-0.3, -0.25) is 0 Å². The molecule has 2 aromatic heterocycles. The first-order chi connectivity index (χ1) is 17.9. The molecule has 1 atom stereocenters. The van der Waals surface area contributed by atoms with E-state index in [1.54, 1.807) is 22.1 Å². The summed E-state index contributed by atoms with van der Waals surface area (Å²) < 4.78 is 42.7. The topological polar surface area (TPSA) is 119 Å². The Balaban J connectivity index is 1.28. The Morgan fingerprint density at radius 3 is 2.65 bits per heavy atom. The van der Waals surface area contributed by atoms with Crippen molar-refractivity contribution in [2.75, 3.05) is 31.1 Å². The smallest absolute Gasteiger partial charge is 0.337 e.